The Morgan fingerprint density at radius 1 is 1.14 bits per heavy atom. The number of nitrogens with one attached hydrogen (secondary N) is 1. The smallest absolute Gasteiger partial charge is 0.269 e. The highest BCUT2D eigenvalue weighted by Gasteiger charge is 2.09. The van der Waals surface area contributed by atoms with Crippen LogP contribution in [0.4, 0.5) is 5.69 Å². The van der Waals surface area contributed by atoms with Crippen molar-refractivity contribution in [2.24, 2.45) is 0 Å². The highest BCUT2D eigenvalue weighted by Crippen LogP contribution is 2.19. The predicted molar refractivity (Wildman–Crippen MR) is 84.3 cm³/mol. The van der Waals surface area contributed by atoms with Gasteiger partial charge in [-0.15, -0.1) is 0 Å². The van der Waals surface area contributed by atoms with Gasteiger partial charge in [-0.25, -0.2) is 0 Å². The van der Waals surface area contributed by atoms with Gasteiger partial charge in [0.25, 0.3) is 5.69 Å². The first-order valence-electron chi connectivity index (χ1n) is 7.01. The van der Waals surface area contributed by atoms with Crippen molar-refractivity contribution in [3.8, 4) is 0 Å². The van der Waals surface area contributed by atoms with E-state index in [1.165, 1.54) is 16.7 Å². The second-order valence-electron chi connectivity index (χ2n) is 5.39. The van der Waals surface area contributed by atoms with E-state index < -0.39 is 0 Å². The fourth-order valence-corrected chi connectivity index (χ4v) is 2.43. The number of hydrogen-bond acceptors (Lipinski definition) is 3. The van der Waals surface area contributed by atoms with Gasteiger partial charge in [0, 0.05) is 24.7 Å². The van der Waals surface area contributed by atoms with Crippen LogP contribution in [0.25, 0.3) is 0 Å². The van der Waals surface area contributed by atoms with Crippen molar-refractivity contribution in [3.05, 3.63) is 74.8 Å². The lowest BCUT2D eigenvalue weighted by Gasteiger charge is -2.17. The molecule has 2 aromatic rings. The van der Waals surface area contributed by atoms with Crippen LogP contribution in [-0.2, 0) is 6.54 Å². The van der Waals surface area contributed by atoms with Crippen molar-refractivity contribution in [2.45, 2.75) is 33.4 Å². The van der Waals surface area contributed by atoms with Crippen LogP contribution in [-0.4, -0.2) is 4.92 Å². The second-order valence-corrected chi connectivity index (χ2v) is 5.39. The molecular weight excluding hydrogens is 264 g/mol. The van der Waals surface area contributed by atoms with Crippen LogP contribution in [0, 0.1) is 24.0 Å². The summed E-state index contributed by atoms with van der Waals surface area (Å²) < 4.78 is 0. The molecule has 0 aromatic heterocycles. The van der Waals surface area contributed by atoms with Gasteiger partial charge in [0.05, 0.1) is 4.92 Å². The number of hydrogen-bond donors (Lipinski definition) is 1. The quantitative estimate of drug-likeness (QED) is 0.665. The molecule has 2 rings (SSSR count). The third kappa shape index (κ3) is 3.89. The maximum atomic E-state index is 10.6. The predicted octanol–water partition coefficient (Wildman–Crippen LogP) is 4.06. The van der Waals surface area contributed by atoms with E-state index in [1.54, 1.807) is 24.3 Å². The number of benzene rings is 2. The zero-order valence-corrected chi connectivity index (χ0v) is 12.6. The van der Waals surface area contributed by atoms with Crippen LogP contribution in [0.15, 0.2) is 42.5 Å². The summed E-state index contributed by atoms with van der Waals surface area (Å²) in [4.78, 5) is 10.2. The largest absolute Gasteiger partial charge is 0.306 e. The van der Waals surface area contributed by atoms with E-state index in [9.17, 15) is 10.1 Å². The van der Waals surface area contributed by atoms with Crippen molar-refractivity contribution >= 4 is 5.69 Å². The molecule has 21 heavy (non-hydrogen) atoms. The number of nitrogens with zero attached hydrogens (tertiary/aromatic N) is 1. The minimum atomic E-state index is -0.379. The normalized spacial score (nSPS) is 12.1. The van der Waals surface area contributed by atoms with Gasteiger partial charge in [-0.3, -0.25) is 10.1 Å². The van der Waals surface area contributed by atoms with E-state index in [0.29, 0.717) is 6.54 Å². The molecule has 0 aliphatic heterocycles. The van der Waals surface area contributed by atoms with E-state index in [1.807, 2.05) is 0 Å². The third-order valence-electron chi connectivity index (χ3n) is 3.65. The second kappa shape index (κ2) is 6.50. The molecule has 0 fully saturated rings. The Kier molecular flexibility index (Phi) is 4.70. The molecule has 2 aromatic carbocycles. The average molecular weight is 284 g/mol. The number of nitro groups is 1. The Morgan fingerprint density at radius 2 is 1.81 bits per heavy atom. The van der Waals surface area contributed by atoms with Crippen LogP contribution in [0.5, 0.6) is 0 Å². The maximum Gasteiger partial charge on any atom is 0.269 e. The van der Waals surface area contributed by atoms with E-state index in [2.05, 4.69) is 44.3 Å². The summed E-state index contributed by atoms with van der Waals surface area (Å²) in [5.74, 6) is 0. The number of rotatable bonds is 5. The van der Waals surface area contributed by atoms with Gasteiger partial charge in [0.1, 0.15) is 0 Å². The van der Waals surface area contributed by atoms with Gasteiger partial charge in [-0.2, -0.15) is 0 Å². The van der Waals surface area contributed by atoms with Gasteiger partial charge in [-0.05, 0) is 37.5 Å². The summed E-state index contributed by atoms with van der Waals surface area (Å²) >= 11 is 0. The van der Waals surface area contributed by atoms with E-state index in [4.69, 9.17) is 0 Å². The SMILES string of the molecule is Cc1ccc(C(C)NCc2ccc([N+](=O)[O-])cc2)c(C)c1. The third-order valence-corrected chi connectivity index (χ3v) is 3.65. The molecule has 0 amide bonds. The van der Waals surface area contributed by atoms with Crippen LogP contribution in [0.3, 0.4) is 0 Å². The first-order valence-corrected chi connectivity index (χ1v) is 7.01. The van der Waals surface area contributed by atoms with Crippen molar-refractivity contribution in [2.75, 3.05) is 0 Å². The minimum Gasteiger partial charge on any atom is -0.306 e. The van der Waals surface area contributed by atoms with Gasteiger partial charge < -0.3 is 5.32 Å². The molecule has 4 nitrogen and oxygen atoms in total. The molecule has 0 heterocycles. The first-order chi connectivity index (χ1) is 9.97. The molecule has 1 atom stereocenters. The average Bonchev–Trinajstić information content (AvgIpc) is 2.45. The van der Waals surface area contributed by atoms with Crippen molar-refractivity contribution in [1.82, 2.24) is 5.32 Å². The topological polar surface area (TPSA) is 55.2 Å². The lowest BCUT2D eigenvalue weighted by Crippen LogP contribution is -2.18. The lowest BCUT2D eigenvalue weighted by atomic mass is 10.00. The van der Waals surface area contributed by atoms with E-state index >= 15 is 0 Å². The Bertz CT molecular complexity index is 636. The highest BCUT2D eigenvalue weighted by molar-refractivity contribution is 5.34. The van der Waals surface area contributed by atoms with E-state index in [-0.39, 0.29) is 16.7 Å². The summed E-state index contributed by atoms with van der Waals surface area (Å²) in [5, 5.41) is 14.1. The van der Waals surface area contributed by atoms with Crippen LogP contribution < -0.4 is 5.32 Å². The molecular formula is C17H20N2O2. The summed E-state index contributed by atoms with van der Waals surface area (Å²) in [6, 6.07) is 13.3. The molecule has 4 heteroatoms. The van der Waals surface area contributed by atoms with Crippen molar-refractivity contribution in [1.29, 1.82) is 0 Å². The molecule has 0 saturated heterocycles. The van der Waals surface area contributed by atoms with Crippen LogP contribution in [0.1, 0.15) is 35.2 Å². The van der Waals surface area contributed by atoms with Gasteiger partial charge >= 0.3 is 0 Å². The lowest BCUT2D eigenvalue weighted by molar-refractivity contribution is -0.384. The monoisotopic (exact) mass is 284 g/mol. The number of aryl methyl sites for hydroxylation is 2. The summed E-state index contributed by atoms with van der Waals surface area (Å²) in [6.45, 7) is 7.02. The molecule has 0 spiro atoms. The zero-order valence-electron chi connectivity index (χ0n) is 12.6. The summed E-state index contributed by atoms with van der Waals surface area (Å²) in [5.41, 5.74) is 4.98. The zero-order chi connectivity index (χ0) is 15.4. The maximum absolute atomic E-state index is 10.6. The van der Waals surface area contributed by atoms with Gasteiger partial charge in [-0.1, -0.05) is 35.9 Å². The fourth-order valence-electron chi connectivity index (χ4n) is 2.43. The number of nitro benzene ring substituents is 1. The molecule has 1 N–H and O–H groups in total. The Morgan fingerprint density at radius 3 is 2.38 bits per heavy atom. The molecule has 0 aliphatic carbocycles. The van der Waals surface area contributed by atoms with Gasteiger partial charge in [0.2, 0.25) is 0 Å². The summed E-state index contributed by atoms with van der Waals surface area (Å²) in [6.07, 6.45) is 0. The van der Waals surface area contributed by atoms with Crippen LogP contribution >= 0.6 is 0 Å². The highest BCUT2D eigenvalue weighted by atomic mass is 16.6. The molecule has 110 valence electrons. The van der Waals surface area contributed by atoms with Crippen molar-refractivity contribution < 1.29 is 4.92 Å². The Hall–Kier alpha value is -2.20. The molecule has 0 bridgehead atoms. The molecule has 0 aliphatic rings. The number of non-ortho nitro benzene ring substituents is 1. The molecule has 1 unspecified atom stereocenters. The standard InChI is InChI=1S/C17H20N2O2/c1-12-4-9-17(13(2)10-12)14(3)18-11-15-5-7-16(8-6-15)19(20)21/h4-10,14,18H,11H2,1-3H3. The minimum absolute atomic E-state index is 0.126. The Labute approximate surface area is 125 Å². The summed E-state index contributed by atoms with van der Waals surface area (Å²) in [7, 11) is 0. The van der Waals surface area contributed by atoms with E-state index in [0.717, 1.165) is 5.56 Å². The Balaban J connectivity index is 2.00. The first kappa shape index (κ1) is 15.2. The fraction of sp³-hybridized carbons (Fsp3) is 0.294. The molecule has 0 saturated carbocycles. The van der Waals surface area contributed by atoms with Gasteiger partial charge in [0.15, 0.2) is 0 Å². The van der Waals surface area contributed by atoms with Crippen LogP contribution in [0.2, 0.25) is 0 Å². The molecule has 0 radical (unpaired) electrons. The van der Waals surface area contributed by atoms with Crippen molar-refractivity contribution in [3.63, 3.8) is 0 Å².